The highest BCUT2D eigenvalue weighted by Gasteiger charge is 2.13. The smallest absolute Gasteiger partial charge is 0.325 e. The first-order valence-electron chi connectivity index (χ1n) is 9.40. The van der Waals surface area contributed by atoms with Gasteiger partial charge < -0.3 is 14.6 Å². The number of amides is 1. The van der Waals surface area contributed by atoms with E-state index in [-0.39, 0.29) is 18.4 Å². The Morgan fingerprint density at radius 1 is 1.11 bits per heavy atom. The number of aromatic nitrogens is 2. The van der Waals surface area contributed by atoms with Crippen LogP contribution in [0.25, 0.3) is 11.0 Å². The van der Waals surface area contributed by atoms with Crippen molar-refractivity contribution in [1.29, 1.82) is 0 Å². The van der Waals surface area contributed by atoms with Gasteiger partial charge in [0.2, 0.25) is 5.91 Å². The number of nitrogens with zero attached hydrogens (tertiary/aromatic N) is 2. The van der Waals surface area contributed by atoms with E-state index < -0.39 is 0 Å². The van der Waals surface area contributed by atoms with Crippen LogP contribution in [0.3, 0.4) is 0 Å². The molecule has 6 heteroatoms. The third-order valence-corrected chi connectivity index (χ3v) is 4.76. The minimum absolute atomic E-state index is 0.0114. The molecule has 0 fully saturated rings. The van der Waals surface area contributed by atoms with E-state index in [9.17, 15) is 9.59 Å². The second kappa shape index (κ2) is 9.17. The molecule has 0 aliphatic carbocycles. The molecule has 0 saturated carbocycles. The molecule has 1 amide bonds. The fourth-order valence-corrected chi connectivity index (χ4v) is 3.20. The van der Waals surface area contributed by atoms with Gasteiger partial charge in [0.15, 0.2) is 0 Å². The van der Waals surface area contributed by atoms with Crippen LogP contribution in [0.5, 0.6) is 0 Å². The third-order valence-electron chi connectivity index (χ3n) is 4.76. The number of aryl methyl sites for hydroxylation is 2. The Balaban J connectivity index is 1.58. The van der Waals surface area contributed by atoms with Crippen molar-refractivity contribution in [2.75, 3.05) is 13.7 Å². The number of esters is 1. The van der Waals surface area contributed by atoms with Crippen molar-refractivity contribution in [3.05, 3.63) is 65.5 Å². The standard InChI is InChI=1S/C22H25N3O3/c1-16-8-3-4-9-17(16)14-21(26)23-13-7-12-20-24-18-10-5-6-11-19(18)25(20)15-22(27)28-2/h3-6,8-11H,7,12-15H2,1-2H3,(H,23,26). The molecule has 1 N–H and O–H groups in total. The maximum atomic E-state index is 12.2. The van der Waals surface area contributed by atoms with Gasteiger partial charge in [0.05, 0.1) is 24.6 Å². The lowest BCUT2D eigenvalue weighted by molar-refractivity contribution is -0.141. The number of methoxy groups -OCH3 is 1. The molecule has 0 saturated heterocycles. The highest BCUT2D eigenvalue weighted by molar-refractivity contribution is 5.79. The van der Waals surface area contributed by atoms with E-state index in [0.717, 1.165) is 34.4 Å². The number of carbonyl (C=O) groups excluding carboxylic acids is 2. The number of hydrogen-bond donors (Lipinski definition) is 1. The van der Waals surface area contributed by atoms with Gasteiger partial charge >= 0.3 is 5.97 Å². The van der Waals surface area contributed by atoms with Crippen LogP contribution in [-0.2, 0) is 33.7 Å². The first-order valence-corrected chi connectivity index (χ1v) is 9.40. The van der Waals surface area contributed by atoms with E-state index >= 15 is 0 Å². The molecule has 0 atom stereocenters. The number of fused-ring (bicyclic) bond motifs is 1. The summed E-state index contributed by atoms with van der Waals surface area (Å²) in [7, 11) is 1.38. The van der Waals surface area contributed by atoms with Crippen LogP contribution in [0, 0.1) is 6.92 Å². The molecule has 0 aliphatic heterocycles. The van der Waals surface area contributed by atoms with Gasteiger partial charge in [-0.2, -0.15) is 0 Å². The Labute approximate surface area is 164 Å². The van der Waals surface area contributed by atoms with Crippen LogP contribution in [0.15, 0.2) is 48.5 Å². The number of ether oxygens (including phenoxy) is 1. The summed E-state index contributed by atoms with van der Waals surface area (Å²) in [6, 6.07) is 15.6. The average Bonchev–Trinajstić information content (AvgIpc) is 3.04. The van der Waals surface area contributed by atoms with Gasteiger partial charge in [-0.1, -0.05) is 36.4 Å². The first kappa shape index (κ1) is 19.6. The Morgan fingerprint density at radius 2 is 1.86 bits per heavy atom. The van der Waals surface area contributed by atoms with Gasteiger partial charge in [-0.3, -0.25) is 9.59 Å². The molecule has 0 aliphatic rings. The fourth-order valence-electron chi connectivity index (χ4n) is 3.20. The normalized spacial score (nSPS) is 10.8. The molecule has 3 aromatic rings. The molecule has 0 spiro atoms. The highest BCUT2D eigenvalue weighted by Crippen LogP contribution is 2.17. The molecule has 0 bridgehead atoms. The van der Waals surface area contributed by atoms with Crippen LogP contribution < -0.4 is 5.32 Å². The van der Waals surface area contributed by atoms with E-state index in [1.807, 2.05) is 60.0 Å². The van der Waals surface area contributed by atoms with E-state index in [4.69, 9.17) is 4.74 Å². The number of rotatable bonds is 8. The topological polar surface area (TPSA) is 73.2 Å². The Hall–Kier alpha value is -3.15. The van der Waals surface area contributed by atoms with E-state index in [1.54, 1.807) is 0 Å². The minimum atomic E-state index is -0.309. The lowest BCUT2D eigenvalue weighted by Gasteiger charge is -2.09. The summed E-state index contributed by atoms with van der Waals surface area (Å²) in [5.41, 5.74) is 3.92. The van der Waals surface area contributed by atoms with Crippen LogP contribution in [0.1, 0.15) is 23.4 Å². The molecule has 146 valence electrons. The summed E-state index contributed by atoms with van der Waals surface area (Å²) in [5, 5.41) is 2.97. The monoisotopic (exact) mass is 379 g/mol. The first-order chi connectivity index (χ1) is 13.6. The Bertz CT molecular complexity index is 978. The number of benzene rings is 2. The number of para-hydroxylation sites is 2. The second-order valence-corrected chi connectivity index (χ2v) is 6.74. The molecule has 1 aromatic heterocycles. The summed E-state index contributed by atoms with van der Waals surface area (Å²) in [5.74, 6) is 0.521. The molecule has 3 rings (SSSR count). The number of hydrogen-bond acceptors (Lipinski definition) is 4. The summed E-state index contributed by atoms with van der Waals surface area (Å²) in [4.78, 5) is 28.6. The molecule has 2 aromatic carbocycles. The van der Waals surface area contributed by atoms with Gasteiger partial charge in [0.25, 0.3) is 0 Å². The van der Waals surface area contributed by atoms with Gasteiger partial charge in [0.1, 0.15) is 12.4 Å². The van der Waals surface area contributed by atoms with E-state index in [2.05, 4.69) is 10.3 Å². The average molecular weight is 379 g/mol. The highest BCUT2D eigenvalue weighted by atomic mass is 16.5. The maximum absolute atomic E-state index is 12.2. The largest absolute Gasteiger partial charge is 0.468 e. The van der Waals surface area contributed by atoms with E-state index in [0.29, 0.717) is 19.4 Å². The lowest BCUT2D eigenvalue weighted by atomic mass is 10.1. The second-order valence-electron chi connectivity index (χ2n) is 6.74. The maximum Gasteiger partial charge on any atom is 0.325 e. The van der Waals surface area contributed by atoms with Crippen molar-refractivity contribution < 1.29 is 14.3 Å². The summed E-state index contributed by atoms with van der Waals surface area (Å²) >= 11 is 0. The molecule has 0 unspecified atom stereocenters. The van der Waals surface area contributed by atoms with Crippen molar-refractivity contribution in [3.8, 4) is 0 Å². The zero-order valence-corrected chi connectivity index (χ0v) is 16.3. The van der Waals surface area contributed by atoms with Crippen LogP contribution in [-0.4, -0.2) is 35.1 Å². The molecule has 28 heavy (non-hydrogen) atoms. The third kappa shape index (κ3) is 4.76. The lowest BCUT2D eigenvalue weighted by Crippen LogP contribution is -2.27. The minimum Gasteiger partial charge on any atom is -0.468 e. The van der Waals surface area contributed by atoms with Crippen molar-refractivity contribution >= 4 is 22.9 Å². The molecule has 0 radical (unpaired) electrons. The van der Waals surface area contributed by atoms with Gasteiger partial charge in [-0.25, -0.2) is 4.98 Å². The quantitative estimate of drug-likeness (QED) is 0.482. The predicted octanol–water partition coefficient (Wildman–Crippen LogP) is 2.81. The van der Waals surface area contributed by atoms with E-state index in [1.165, 1.54) is 7.11 Å². The predicted molar refractivity (Wildman–Crippen MR) is 108 cm³/mol. The van der Waals surface area contributed by atoms with Gasteiger partial charge in [-0.15, -0.1) is 0 Å². The number of carbonyl (C=O) groups is 2. The van der Waals surface area contributed by atoms with Gasteiger partial charge in [0, 0.05) is 13.0 Å². The summed E-state index contributed by atoms with van der Waals surface area (Å²) < 4.78 is 6.69. The summed E-state index contributed by atoms with van der Waals surface area (Å²) in [6.07, 6.45) is 1.79. The van der Waals surface area contributed by atoms with Crippen molar-refractivity contribution in [2.24, 2.45) is 0 Å². The Kier molecular flexibility index (Phi) is 6.42. The van der Waals surface area contributed by atoms with Crippen molar-refractivity contribution in [2.45, 2.75) is 32.7 Å². The SMILES string of the molecule is COC(=O)Cn1c(CCCNC(=O)Cc2ccccc2C)nc2ccccc21. The number of nitrogens with one attached hydrogen (secondary N) is 1. The number of imidazole rings is 1. The van der Waals surface area contributed by atoms with Crippen molar-refractivity contribution in [3.63, 3.8) is 0 Å². The zero-order valence-electron chi connectivity index (χ0n) is 16.3. The zero-order chi connectivity index (χ0) is 19.9. The molecule has 6 nitrogen and oxygen atoms in total. The van der Waals surface area contributed by atoms with Crippen LogP contribution in [0.4, 0.5) is 0 Å². The molecular weight excluding hydrogens is 354 g/mol. The van der Waals surface area contributed by atoms with Crippen molar-refractivity contribution in [1.82, 2.24) is 14.9 Å². The van der Waals surface area contributed by atoms with Crippen LogP contribution in [0.2, 0.25) is 0 Å². The molecule has 1 heterocycles. The summed E-state index contributed by atoms with van der Waals surface area (Å²) in [6.45, 7) is 2.70. The fraction of sp³-hybridized carbons (Fsp3) is 0.318. The van der Waals surface area contributed by atoms with Gasteiger partial charge in [-0.05, 0) is 36.6 Å². The Morgan fingerprint density at radius 3 is 2.64 bits per heavy atom. The van der Waals surface area contributed by atoms with Crippen LogP contribution >= 0.6 is 0 Å². The molecular formula is C22H25N3O3.